The summed E-state index contributed by atoms with van der Waals surface area (Å²) in [7, 11) is -5.03. The molecule has 0 bridgehead atoms. The fourth-order valence-electron chi connectivity index (χ4n) is 1.58. The summed E-state index contributed by atoms with van der Waals surface area (Å²) in [4.78, 5) is 0. The minimum atomic E-state index is -5.98. The number of alkyl halides is 15. The number of rotatable bonds is 18. The largest absolute Gasteiger partial charge is 0.475 e. The Hall–Kier alpha value is -1.06. The fourth-order valence-corrected chi connectivity index (χ4v) is 2.70. The van der Waals surface area contributed by atoms with E-state index in [1.165, 1.54) is 0 Å². The lowest BCUT2D eigenvalue weighted by atomic mass is 10.3. The van der Waals surface area contributed by atoms with E-state index in [1.54, 1.807) is 0 Å². The van der Waals surface area contributed by atoms with Crippen LogP contribution in [0.3, 0.4) is 0 Å². The van der Waals surface area contributed by atoms with Crippen LogP contribution < -0.4 is 0 Å². The molecular formula is C15H18F15O7P. The maximum Gasteiger partial charge on any atom is 0.475 e. The molecule has 0 amide bonds. The summed E-state index contributed by atoms with van der Waals surface area (Å²) in [5.41, 5.74) is 0. The Labute approximate surface area is 203 Å². The molecule has 38 heavy (non-hydrogen) atoms. The smallest absolute Gasteiger partial charge is 0.372 e. The quantitative estimate of drug-likeness (QED) is 0.109. The summed E-state index contributed by atoms with van der Waals surface area (Å²) in [6.45, 7) is -13.4. The van der Waals surface area contributed by atoms with Crippen LogP contribution in [0.4, 0.5) is 65.9 Å². The van der Waals surface area contributed by atoms with E-state index >= 15 is 0 Å². The average Bonchev–Trinajstić information content (AvgIpc) is 2.70. The number of hydrogen-bond donors (Lipinski definition) is 0. The van der Waals surface area contributed by atoms with Crippen LogP contribution in [0, 0.1) is 0 Å². The van der Waals surface area contributed by atoms with Gasteiger partial charge >= 0.3 is 44.1 Å². The molecule has 23 heteroatoms. The molecule has 0 aromatic rings. The molecule has 0 aromatic heterocycles. The highest BCUT2D eigenvalue weighted by Crippen LogP contribution is 2.49. The summed E-state index contributed by atoms with van der Waals surface area (Å²) in [5.74, 6) is -15.9. The predicted molar refractivity (Wildman–Crippen MR) is 90.9 cm³/mol. The molecule has 0 spiro atoms. The molecule has 230 valence electrons. The zero-order valence-corrected chi connectivity index (χ0v) is 19.2. The zero-order chi connectivity index (χ0) is 30.1. The minimum absolute atomic E-state index is 1.13. The topological polar surface area (TPSA) is 72.5 Å². The van der Waals surface area contributed by atoms with E-state index in [-0.39, 0.29) is 0 Å². The highest BCUT2D eigenvalue weighted by atomic mass is 31.2. The molecule has 0 radical (unpaired) electrons. The van der Waals surface area contributed by atoms with Gasteiger partial charge < -0.3 is 14.2 Å². The molecule has 0 saturated heterocycles. The Bertz CT molecular complexity index is 644. The third-order valence-corrected chi connectivity index (χ3v) is 5.02. The van der Waals surface area contributed by atoms with Crippen molar-refractivity contribution in [2.75, 3.05) is 59.5 Å². The van der Waals surface area contributed by atoms with Crippen molar-refractivity contribution < 1.29 is 98.2 Å². The third-order valence-electron chi connectivity index (χ3n) is 3.53. The van der Waals surface area contributed by atoms with E-state index in [0.29, 0.717) is 0 Å². The van der Waals surface area contributed by atoms with Gasteiger partial charge in [-0.25, -0.2) is 4.57 Å². The van der Waals surface area contributed by atoms with E-state index in [9.17, 15) is 70.4 Å². The Morgan fingerprint density at radius 3 is 0.789 bits per heavy atom. The summed E-state index contributed by atoms with van der Waals surface area (Å²) in [6, 6.07) is 0. The lowest BCUT2D eigenvalue weighted by Gasteiger charge is -2.22. The van der Waals surface area contributed by atoms with E-state index in [0.717, 1.165) is 0 Å². The fraction of sp³-hybridized carbons (Fsp3) is 1.00. The molecule has 0 aliphatic carbocycles. The van der Waals surface area contributed by atoms with E-state index < -0.39 is 104 Å². The Kier molecular flexibility index (Phi) is 13.6. The van der Waals surface area contributed by atoms with Gasteiger partial charge in [-0.05, 0) is 0 Å². The van der Waals surface area contributed by atoms with Gasteiger partial charge in [-0.15, -0.1) is 0 Å². The van der Waals surface area contributed by atoms with Gasteiger partial charge in [0, 0.05) is 0 Å². The molecule has 7 nitrogen and oxygen atoms in total. The van der Waals surface area contributed by atoms with Crippen molar-refractivity contribution in [3.05, 3.63) is 0 Å². The van der Waals surface area contributed by atoms with Gasteiger partial charge in [-0.3, -0.25) is 13.6 Å². The first-order valence-electron chi connectivity index (χ1n) is 9.47. The lowest BCUT2D eigenvalue weighted by molar-refractivity contribution is -0.297. The molecule has 0 aliphatic heterocycles. The second kappa shape index (κ2) is 14.0. The predicted octanol–water partition coefficient (Wildman–Crippen LogP) is 5.79. The SMILES string of the molecule is O=P(OCCOCC(F)(F)C(F)(F)F)(OCCOCC(F)(F)C(F)(F)F)OCCOCC(F)(F)C(F)(F)F. The van der Waals surface area contributed by atoms with Crippen molar-refractivity contribution in [1.82, 2.24) is 0 Å². The van der Waals surface area contributed by atoms with Crippen molar-refractivity contribution in [1.29, 1.82) is 0 Å². The van der Waals surface area contributed by atoms with Crippen LogP contribution in [0.25, 0.3) is 0 Å². The van der Waals surface area contributed by atoms with Crippen molar-refractivity contribution in [3.63, 3.8) is 0 Å². The second-order valence-corrected chi connectivity index (χ2v) is 8.38. The Morgan fingerprint density at radius 2 is 0.605 bits per heavy atom. The zero-order valence-electron chi connectivity index (χ0n) is 18.3. The molecule has 0 N–H and O–H groups in total. The van der Waals surface area contributed by atoms with Crippen molar-refractivity contribution >= 4 is 7.82 Å². The molecule has 0 rings (SSSR count). The number of ether oxygens (including phenoxy) is 3. The van der Waals surface area contributed by atoms with Crippen LogP contribution in [0.1, 0.15) is 0 Å². The van der Waals surface area contributed by atoms with Crippen LogP contribution in [-0.4, -0.2) is 95.8 Å². The van der Waals surface area contributed by atoms with E-state index in [4.69, 9.17) is 0 Å². The number of phosphoric ester groups is 1. The van der Waals surface area contributed by atoms with Gasteiger partial charge in [0.2, 0.25) is 0 Å². The molecule has 0 aromatic carbocycles. The monoisotopic (exact) mass is 626 g/mol. The molecule has 0 saturated carbocycles. The van der Waals surface area contributed by atoms with E-state index in [2.05, 4.69) is 27.8 Å². The number of halogens is 15. The van der Waals surface area contributed by atoms with Crippen LogP contribution in [0.2, 0.25) is 0 Å². The second-order valence-electron chi connectivity index (χ2n) is 6.71. The van der Waals surface area contributed by atoms with Crippen LogP contribution >= 0.6 is 7.82 Å². The van der Waals surface area contributed by atoms with Crippen molar-refractivity contribution in [3.8, 4) is 0 Å². The first kappa shape index (κ1) is 36.9. The van der Waals surface area contributed by atoms with Gasteiger partial charge in [0.25, 0.3) is 0 Å². The molecule has 0 fully saturated rings. The maximum atomic E-state index is 12.7. The number of hydrogen-bond acceptors (Lipinski definition) is 7. The van der Waals surface area contributed by atoms with Gasteiger partial charge in [-0.1, -0.05) is 0 Å². The average molecular weight is 626 g/mol. The van der Waals surface area contributed by atoms with Gasteiger partial charge in [0.15, 0.2) is 0 Å². The maximum absolute atomic E-state index is 12.7. The van der Waals surface area contributed by atoms with Gasteiger partial charge in [-0.2, -0.15) is 65.9 Å². The molecule has 0 heterocycles. The van der Waals surface area contributed by atoms with Crippen LogP contribution in [-0.2, 0) is 32.3 Å². The molecular weight excluding hydrogens is 608 g/mol. The van der Waals surface area contributed by atoms with Crippen molar-refractivity contribution in [2.45, 2.75) is 36.3 Å². The normalized spacial score (nSPS) is 14.8. The van der Waals surface area contributed by atoms with E-state index in [1.807, 2.05) is 0 Å². The first-order valence-corrected chi connectivity index (χ1v) is 10.9. The Balaban J connectivity index is 4.83. The molecule has 0 unspecified atom stereocenters. The van der Waals surface area contributed by atoms with Crippen LogP contribution in [0.5, 0.6) is 0 Å². The summed E-state index contributed by atoms with van der Waals surface area (Å²) >= 11 is 0. The Morgan fingerprint density at radius 1 is 0.395 bits per heavy atom. The highest BCUT2D eigenvalue weighted by Gasteiger charge is 2.59. The summed E-state index contributed by atoms with van der Waals surface area (Å²) in [6.07, 6.45) is -18.0. The summed E-state index contributed by atoms with van der Waals surface area (Å²) in [5, 5.41) is 0. The van der Waals surface area contributed by atoms with Crippen molar-refractivity contribution in [2.24, 2.45) is 0 Å². The standard InChI is InChI=1S/C15H18F15O7P/c16-10(17,13(22,23)24)7-32-1-4-35-38(31,36-5-2-33-8-11(18,19)14(25,26)27)37-6-3-34-9-12(20,21)15(28,29)30/h1-9H2. The number of phosphoric acid groups is 1. The summed E-state index contributed by atoms with van der Waals surface area (Å²) < 4.78 is 222. The first-order chi connectivity index (χ1) is 16.9. The van der Waals surface area contributed by atoms with Gasteiger partial charge in [0.05, 0.1) is 39.6 Å². The van der Waals surface area contributed by atoms with Gasteiger partial charge in [0.1, 0.15) is 19.8 Å². The highest BCUT2D eigenvalue weighted by molar-refractivity contribution is 7.48. The lowest BCUT2D eigenvalue weighted by Crippen LogP contribution is -2.41. The minimum Gasteiger partial charge on any atom is -0.372 e. The van der Waals surface area contributed by atoms with Crippen LogP contribution in [0.15, 0.2) is 0 Å². The molecule has 0 atom stereocenters. The third kappa shape index (κ3) is 12.9. The molecule has 0 aliphatic rings.